The summed E-state index contributed by atoms with van der Waals surface area (Å²) < 4.78 is 7.72. The van der Waals surface area contributed by atoms with Gasteiger partial charge in [0.05, 0.1) is 17.9 Å². The molecule has 2 aromatic carbocycles. The number of aryl methyl sites for hydroxylation is 2. The van der Waals surface area contributed by atoms with Crippen LogP contribution in [0.15, 0.2) is 66.8 Å². The average Bonchev–Trinajstić information content (AvgIpc) is 3.57. The normalized spacial score (nSPS) is 20.8. The first-order chi connectivity index (χ1) is 17.0. The number of aliphatic hydroxyl groups excluding tert-OH is 1. The van der Waals surface area contributed by atoms with E-state index in [1.165, 1.54) is 5.56 Å². The Morgan fingerprint density at radius 1 is 1.14 bits per heavy atom. The van der Waals surface area contributed by atoms with E-state index in [1.807, 2.05) is 54.1 Å². The number of rotatable bonds is 7. The highest BCUT2D eigenvalue weighted by molar-refractivity contribution is 6.46. The van der Waals surface area contributed by atoms with Crippen LogP contribution in [-0.4, -0.2) is 43.9 Å². The number of imidazole rings is 1. The highest BCUT2D eigenvalue weighted by Gasteiger charge is 2.45. The van der Waals surface area contributed by atoms with Gasteiger partial charge in [-0.3, -0.25) is 9.59 Å². The molecule has 7 nitrogen and oxygen atoms in total. The number of ketones is 1. The molecule has 1 N–H and O–H groups in total. The molecule has 2 aliphatic rings. The minimum Gasteiger partial charge on any atom is -0.507 e. The first-order valence-corrected chi connectivity index (χ1v) is 12.1. The van der Waals surface area contributed by atoms with Gasteiger partial charge in [-0.25, -0.2) is 4.98 Å². The number of carbonyl (C=O) groups excluding carboxylic acids is 2. The minimum absolute atomic E-state index is 0.0700. The van der Waals surface area contributed by atoms with Crippen LogP contribution in [0, 0.1) is 0 Å². The highest BCUT2D eigenvalue weighted by Crippen LogP contribution is 2.40. The SMILES string of the molecule is CCc1ccc([C@@H]2C(=C(O)c3ccc4c(c3)C[C@@H](C)O4)C(=O)C(=O)N2CCCn2ccnc2)cc1. The molecule has 3 heterocycles. The van der Waals surface area contributed by atoms with Crippen molar-refractivity contribution in [3.63, 3.8) is 0 Å². The molecule has 0 radical (unpaired) electrons. The molecule has 0 aliphatic carbocycles. The van der Waals surface area contributed by atoms with Crippen LogP contribution in [0.1, 0.15) is 48.6 Å². The molecule has 7 heteroatoms. The maximum absolute atomic E-state index is 13.3. The maximum atomic E-state index is 13.3. The van der Waals surface area contributed by atoms with Gasteiger partial charge in [-0.15, -0.1) is 0 Å². The Balaban J connectivity index is 1.53. The van der Waals surface area contributed by atoms with Crippen molar-refractivity contribution in [3.05, 3.63) is 89.0 Å². The van der Waals surface area contributed by atoms with Gasteiger partial charge >= 0.3 is 0 Å². The zero-order valence-corrected chi connectivity index (χ0v) is 20.0. The van der Waals surface area contributed by atoms with Crippen LogP contribution < -0.4 is 4.74 Å². The first kappa shape index (κ1) is 22.9. The van der Waals surface area contributed by atoms with Crippen molar-refractivity contribution >= 4 is 17.4 Å². The molecule has 0 unspecified atom stereocenters. The first-order valence-electron chi connectivity index (χ1n) is 12.1. The summed E-state index contributed by atoms with van der Waals surface area (Å²) in [6.45, 7) is 5.13. The van der Waals surface area contributed by atoms with Crippen molar-refractivity contribution in [3.8, 4) is 5.75 Å². The summed E-state index contributed by atoms with van der Waals surface area (Å²) in [5.41, 5.74) is 3.61. The number of fused-ring (bicyclic) bond motifs is 1. The molecule has 1 aromatic heterocycles. The predicted octanol–water partition coefficient (Wildman–Crippen LogP) is 4.28. The van der Waals surface area contributed by atoms with Gasteiger partial charge in [-0.05, 0) is 54.7 Å². The second kappa shape index (κ2) is 9.41. The number of benzene rings is 2. The molecule has 1 saturated heterocycles. The number of carbonyl (C=O) groups is 2. The maximum Gasteiger partial charge on any atom is 0.295 e. The molecule has 180 valence electrons. The van der Waals surface area contributed by atoms with Gasteiger partial charge in [0.25, 0.3) is 11.7 Å². The van der Waals surface area contributed by atoms with Gasteiger partial charge < -0.3 is 19.3 Å². The zero-order chi connectivity index (χ0) is 24.5. The number of aromatic nitrogens is 2. The van der Waals surface area contributed by atoms with Crippen LogP contribution in [0.3, 0.4) is 0 Å². The Labute approximate surface area is 204 Å². The fraction of sp³-hybridized carbons (Fsp3) is 0.321. The van der Waals surface area contributed by atoms with Gasteiger partial charge in [0, 0.05) is 37.5 Å². The molecule has 0 saturated carbocycles. The van der Waals surface area contributed by atoms with E-state index in [0.29, 0.717) is 25.1 Å². The van der Waals surface area contributed by atoms with E-state index in [9.17, 15) is 14.7 Å². The van der Waals surface area contributed by atoms with Crippen molar-refractivity contribution in [2.75, 3.05) is 6.54 Å². The van der Waals surface area contributed by atoms with E-state index < -0.39 is 17.7 Å². The van der Waals surface area contributed by atoms with E-state index in [1.54, 1.807) is 23.5 Å². The molecule has 35 heavy (non-hydrogen) atoms. The molecule has 5 rings (SSSR count). The molecule has 1 fully saturated rings. The molecular formula is C28H29N3O4. The summed E-state index contributed by atoms with van der Waals surface area (Å²) in [5, 5.41) is 11.4. The lowest BCUT2D eigenvalue weighted by molar-refractivity contribution is -0.139. The lowest BCUT2D eigenvalue weighted by atomic mass is 9.93. The standard InChI is InChI=1S/C28H29N3O4/c1-3-19-5-7-20(8-6-19)25-24(26(32)21-9-10-23-22(16-21)15-18(2)35-23)27(33)28(34)31(25)13-4-12-30-14-11-29-17-30/h5-11,14,16-18,25,32H,3-4,12-13,15H2,1-2H3/t18-,25-/m1/s1. The lowest BCUT2D eigenvalue weighted by Crippen LogP contribution is -2.31. The molecule has 1 amide bonds. The van der Waals surface area contributed by atoms with Crippen LogP contribution >= 0.6 is 0 Å². The number of likely N-dealkylation sites (tertiary alicyclic amines) is 1. The third-order valence-electron chi connectivity index (χ3n) is 6.79. The fourth-order valence-electron chi connectivity index (χ4n) is 4.96. The Kier molecular flexibility index (Phi) is 6.16. The number of hydrogen-bond donors (Lipinski definition) is 1. The van der Waals surface area contributed by atoms with E-state index in [0.717, 1.165) is 29.7 Å². The van der Waals surface area contributed by atoms with Gasteiger partial charge in [0.15, 0.2) is 0 Å². The summed E-state index contributed by atoms with van der Waals surface area (Å²) in [5.74, 6) is -0.590. The summed E-state index contributed by atoms with van der Waals surface area (Å²) >= 11 is 0. The number of ether oxygens (including phenoxy) is 1. The molecule has 0 spiro atoms. The van der Waals surface area contributed by atoms with Crippen molar-refractivity contribution in [2.45, 2.75) is 51.8 Å². The van der Waals surface area contributed by atoms with Crippen molar-refractivity contribution in [1.82, 2.24) is 14.5 Å². The third kappa shape index (κ3) is 4.34. The lowest BCUT2D eigenvalue weighted by Gasteiger charge is -2.25. The van der Waals surface area contributed by atoms with Crippen molar-refractivity contribution in [1.29, 1.82) is 0 Å². The summed E-state index contributed by atoms with van der Waals surface area (Å²) in [6, 6.07) is 12.7. The predicted molar refractivity (Wildman–Crippen MR) is 132 cm³/mol. The summed E-state index contributed by atoms with van der Waals surface area (Å²) in [6.07, 6.45) is 7.66. The monoisotopic (exact) mass is 471 g/mol. The number of amides is 1. The van der Waals surface area contributed by atoms with E-state index >= 15 is 0 Å². The number of nitrogens with zero attached hydrogens (tertiary/aromatic N) is 3. The minimum atomic E-state index is -0.653. The van der Waals surface area contributed by atoms with Crippen LogP contribution in [0.4, 0.5) is 0 Å². The summed E-state index contributed by atoms with van der Waals surface area (Å²) in [4.78, 5) is 32.1. The van der Waals surface area contributed by atoms with Crippen LogP contribution in [0.2, 0.25) is 0 Å². The fourth-order valence-corrected chi connectivity index (χ4v) is 4.96. The smallest absolute Gasteiger partial charge is 0.295 e. The number of hydrogen-bond acceptors (Lipinski definition) is 5. The Hall–Kier alpha value is -3.87. The van der Waals surface area contributed by atoms with Gasteiger partial charge in [-0.2, -0.15) is 0 Å². The van der Waals surface area contributed by atoms with Crippen molar-refractivity contribution < 1.29 is 19.4 Å². The van der Waals surface area contributed by atoms with Crippen LogP contribution in [0.5, 0.6) is 5.75 Å². The van der Waals surface area contributed by atoms with Crippen LogP contribution in [-0.2, 0) is 29.0 Å². The molecule has 3 aromatic rings. The van der Waals surface area contributed by atoms with Crippen LogP contribution in [0.25, 0.3) is 5.76 Å². The summed E-state index contributed by atoms with van der Waals surface area (Å²) in [7, 11) is 0. The van der Waals surface area contributed by atoms with Crippen molar-refractivity contribution in [2.24, 2.45) is 0 Å². The largest absolute Gasteiger partial charge is 0.507 e. The highest BCUT2D eigenvalue weighted by atomic mass is 16.5. The van der Waals surface area contributed by atoms with E-state index in [4.69, 9.17) is 4.74 Å². The molecule has 0 bridgehead atoms. The topological polar surface area (TPSA) is 84.7 Å². The molecule has 2 atom stereocenters. The quantitative estimate of drug-likeness (QED) is 0.316. The third-order valence-corrected chi connectivity index (χ3v) is 6.79. The van der Waals surface area contributed by atoms with Gasteiger partial charge in [0.1, 0.15) is 17.6 Å². The van der Waals surface area contributed by atoms with Gasteiger partial charge in [0.2, 0.25) is 0 Å². The Bertz CT molecular complexity index is 1280. The number of Topliss-reactive ketones (excluding diaryl/α,β-unsaturated/α-hetero) is 1. The van der Waals surface area contributed by atoms with E-state index in [2.05, 4.69) is 11.9 Å². The Morgan fingerprint density at radius 3 is 2.66 bits per heavy atom. The second-order valence-corrected chi connectivity index (χ2v) is 9.20. The zero-order valence-electron chi connectivity index (χ0n) is 20.0. The average molecular weight is 472 g/mol. The molecule has 2 aliphatic heterocycles. The number of aliphatic hydroxyl groups is 1. The van der Waals surface area contributed by atoms with Gasteiger partial charge in [-0.1, -0.05) is 31.2 Å². The Morgan fingerprint density at radius 2 is 1.94 bits per heavy atom. The van der Waals surface area contributed by atoms with E-state index in [-0.39, 0.29) is 17.4 Å². The second-order valence-electron chi connectivity index (χ2n) is 9.20. The molecular weight excluding hydrogens is 442 g/mol.